The number of nitrogens with one attached hydrogen (secondary N) is 2. The van der Waals surface area contributed by atoms with E-state index in [1.54, 1.807) is 47.4 Å². The SMILES string of the molecule is COc1ccc(Cl)cc1NC(=O)c1ccc(N2CCNC2=O)cc1. The van der Waals surface area contributed by atoms with Gasteiger partial charge in [-0.3, -0.25) is 9.69 Å². The number of rotatable bonds is 4. The summed E-state index contributed by atoms with van der Waals surface area (Å²) in [7, 11) is 1.52. The summed E-state index contributed by atoms with van der Waals surface area (Å²) in [4.78, 5) is 25.7. The van der Waals surface area contributed by atoms with E-state index in [0.717, 1.165) is 5.69 Å². The van der Waals surface area contributed by atoms with Crippen LogP contribution in [-0.4, -0.2) is 32.1 Å². The van der Waals surface area contributed by atoms with E-state index in [-0.39, 0.29) is 11.9 Å². The van der Waals surface area contributed by atoms with E-state index in [4.69, 9.17) is 16.3 Å². The molecule has 1 aliphatic rings. The fraction of sp³-hybridized carbons (Fsp3) is 0.176. The van der Waals surface area contributed by atoms with Crippen molar-refractivity contribution >= 4 is 34.9 Å². The standard InChI is InChI=1S/C17H16ClN3O3/c1-24-15-7-4-12(18)10-14(15)20-16(22)11-2-5-13(6-3-11)21-9-8-19-17(21)23/h2-7,10H,8-9H2,1H3,(H,19,23)(H,20,22). The highest BCUT2D eigenvalue weighted by molar-refractivity contribution is 6.31. The summed E-state index contributed by atoms with van der Waals surface area (Å²) >= 11 is 5.96. The van der Waals surface area contributed by atoms with E-state index in [1.807, 2.05) is 0 Å². The minimum absolute atomic E-state index is 0.129. The van der Waals surface area contributed by atoms with Gasteiger partial charge in [-0.1, -0.05) is 11.6 Å². The number of hydrogen-bond donors (Lipinski definition) is 2. The van der Waals surface area contributed by atoms with E-state index in [9.17, 15) is 9.59 Å². The molecule has 0 atom stereocenters. The van der Waals surface area contributed by atoms with Crippen LogP contribution in [0.15, 0.2) is 42.5 Å². The topological polar surface area (TPSA) is 70.7 Å². The highest BCUT2D eigenvalue weighted by Crippen LogP contribution is 2.28. The van der Waals surface area contributed by atoms with Gasteiger partial charge in [0.25, 0.3) is 5.91 Å². The Morgan fingerprint density at radius 2 is 2.00 bits per heavy atom. The maximum Gasteiger partial charge on any atom is 0.321 e. The summed E-state index contributed by atoms with van der Waals surface area (Å²) in [6.45, 7) is 1.24. The molecule has 2 aromatic rings. The number of nitrogens with zero attached hydrogens (tertiary/aromatic N) is 1. The summed E-state index contributed by atoms with van der Waals surface area (Å²) in [5.41, 5.74) is 1.72. The second kappa shape index (κ2) is 6.80. The summed E-state index contributed by atoms with van der Waals surface area (Å²) < 4.78 is 5.21. The average molecular weight is 346 g/mol. The van der Waals surface area contributed by atoms with Crippen molar-refractivity contribution in [2.24, 2.45) is 0 Å². The number of anilines is 2. The van der Waals surface area contributed by atoms with Gasteiger partial charge in [0, 0.05) is 29.4 Å². The largest absolute Gasteiger partial charge is 0.495 e. The Balaban J connectivity index is 1.76. The predicted molar refractivity (Wildman–Crippen MR) is 93.1 cm³/mol. The Bertz CT molecular complexity index is 777. The maximum atomic E-state index is 12.4. The van der Waals surface area contributed by atoms with Crippen LogP contribution in [0.5, 0.6) is 5.75 Å². The Labute approximate surface area is 144 Å². The number of amides is 3. The molecule has 1 saturated heterocycles. The molecule has 1 fully saturated rings. The van der Waals surface area contributed by atoms with Crippen LogP contribution in [0.1, 0.15) is 10.4 Å². The molecule has 0 saturated carbocycles. The number of halogens is 1. The van der Waals surface area contributed by atoms with E-state index < -0.39 is 0 Å². The van der Waals surface area contributed by atoms with Crippen molar-refractivity contribution in [3.8, 4) is 5.75 Å². The molecule has 124 valence electrons. The molecule has 1 aliphatic heterocycles. The van der Waals surface area contributed by atoms with Crippen LogP contribution >= 0.6 is 11.6 Å². The number of carbonyl (C=O) groups excluding carboxylic acids is 2. The molecule has 0 aromatic heterocycles. The van der Waals surface area contributed by atoms with Gasteiger partial charge >= 0.3 is 6.03 Å². The second-order valence-corrected chi connectivity index (χ2v) is 5.67. The Morgan fingerprint density at radius 3 is 2.62 bits per heavy atom. The zero-order valence-corrected chi connectivity index (χ0v) is 13.8. The van der Waals surface area contributed by atoms with Gasteiger partial charge in [-0.2, -0.15) is 0 Å². The van der Waals surface area contributed by atoms with Crippen LogP contribution < -0.4 is 20.3 Å². The minimum Gasteiger partial charge on any atom is -0.495 e. The van der Waals surface area contributed by atoms with Crippen molar-refractivity contribution in [3.05, 3.63) is 53.1 Å². The van der Waals surface area contributed by atoms with Crippen LogP contribution in [0.2, 0.25) is 5.02 Å². The lowest BCUT2D eigenvalue weighted by Crippen LogP contribution is -2.27. The van der Waals surface area contributed by atoms with Crippen LogP contribution in [0, 0.1) is 0 Å². The molecule has 7 heteroatoms. The first kappa shape index (κ1) is 16.1. The van der Waals surface area contributed by atoms with E-state index in [0.29, 0.717) is 35.1 Å². The smallest absolute Gasteiger partial charge is 0.321 e. The molecule has 0 radical (unpaired) electrons. The fourth-order valence-electron chi connectivity index (χ4n) is 2.48. The van der Waals surface area contributed by atoms with Crippen molar-refractivity contribution < 1.29 is 14.3 Å². The lowest BCUT2D eigenvalue weighted by Gasteiger charge is -2.15. The van der Waals surface area contributed by atoms with Gasteiger partial charge in [-0.25, -0.2) is 4.79 Å². The lowest BCUT2D eigenvalue weighted by atomic mass is 10.1. The zero-order valence-electron chi connectivity index (χ0n) is 13.0. The molecule has 1 heterocycles. The van der Waals surface area contributed by atoms with Gasteiger partial charge < -0.3 is 15.4 Å². The Morgan fingerprint density at radius 1 is 1.25 bits per heavy atom. The minimum atomic E-state index is -0.284. The number of methoxy groups -OCH3 is 1. The molecule has 3 amide bonds. The third-order valence-corrected chi connectivity index (χ3v) is 3.94. The third kappa shape index (κ3) is 3.28. The van der Waals surface area contributed by atoms with Gasteiger partial charge in [0.05, 0.1) is 12.8 Å². The summed E-state index contributed by atoms with van der Waals surface area (Å²) in [5, 5.41) is 6.01. The molecule has 3 rings (SSSR count). The van der Waals surface area contributed by atoms with Crippen molar-refractivity contribution in [2.45, 2.75) is 0 Å². The fourth-order valence-corrected chi connectivity index (χ4v) is 2.66. The third-order valence-electron chi connectivity index (χ3n) is 3.71. The molecular weight excluding hydrogens is 330 g/mol. The normalized spacial score (nSPS) is 13.6. The molecule has 0 bridgehead atoms. The highest BCUT2D eigenvalue weighted by atomic mass is 35.5. The molecule has 6 nitrogen and oxygen atoms in total. The average Bonchev–Trinajstić information content (AvgIpc) is 3.01. The molecule has 2 N–H and O–H groups in total. The quantitative estimate of drug-likeness (QED) is 0.894. The van der Waals surface area contributed by atoms with E-state index in [1.165, 1.54) is 7.11 Å². The lowest BCUT2D eigenvalue weighted by molar-refractivity contribution is 0.102. The monoisotopic (exact) mass is 345 g/mol. The number of benzene rings is 2. The second-order valence-electron chi connectivity index (χ2n) is 5.23. The molecule has 2 aromatic carbocycles. The first-order chi connectivity index (χ1) is 11.6. The molecular formula is C17H16ClN3O3. The summed E-state index contributed by atoms with van der Waals surface area (Å²) in [5.74, 6) is 0.242. The maximum absolute atomic E-state index is 12.4. The Kier molecular flexibility index (Phi) is 4.57. The highest BCUT2D eigenvalue weighted by Gasteiger charge is 2.21. The van der Waals surface area contributed by atoms with Crippen molar-refractivity contribution in [1.29, 1.82) is 0 Å². The van der Waals surface area contributed by atoms with Crippen LogP contribution in [-0.2, 0) is 0 Å². The molecule has 0 unspecified atom stereocenters. The molecule has 24 heavy (non-hydrogen) atoms. The van der Waals surface area contributed by atoms with Crippen molar-refractivity contribution in [1.82, 2.24) is 5.32 Å². The molecule has 0 aliphatic carbocycles. The molecule has 0 spiro atoms. The Hall–Kier alpha value is -2.73. The first-order valence-electron chi connectivity index (χ1n) is 7.39. The van der Waals surface area contributed by atoms with Gasteiger partial charge in [-0.15, -0.1) is 0 Å². The van der Waals surface area contributed by atoms with Crippen molar-refractivity contribution in [2.75, 3.05) is 30.4 Å². The van der Waals surface area contributed by atoms with Crippen LogP contribution in [0.4, 0.5) is 16.2 Å². The van der Waals surface area contributed by atoms with Crippen molar-refractivity contribution in [3.63, 3.8) is 0 Å². The van der Waals surface area contributed by atoms with Crippen LogP contribution in [0.3, 0.4) is 0 Å². The number of hydrogen-bond acceptors (Lipinski definition) is 3. The number of ether oxygens (including phenoxy) is 1. The number of carbonyl (C=O) groups is 2. The van der Waals surface area contributed by atoms with E-state index in [2.05, 4.69) is 10.6 Å². The van der Waals surface area contributed by atoms with Gasteiger partial charge in [0.15, 0.2) is 0 Å². The number of urea groups is 1. The van der Waals surface area contributed by atoms with Gasteiger partial charge in [-0.05, 0) is 42.5 Å². The summed E-state index contributed by atoms with van der Waals surface area (Å²) in [6.07, 6.45) is 0. The van der Waals surface area contributed by atoms with Gasteiger partial charge in [0.2, 0.25) is 0 Å². The predicted octanol–water partition coefficient (Wildman–Crippen LogP) is 3.13. The first-order valence-corrected chi connectivity index (χ1v) is 7.76. The summed E-state index contributed by atoms with van der Waals surface area (Å²) in [6, 6.07) is 11.7. The van der Waals surface area contributed by atoms with Gasteiger partial charge in [0.1, 0.15) is 5.75 Å². The zero-order chi connectivity index (χ0) is 17.1. The van der Waals surface area contributed by atoms with Crippen LogP contribution in [0.25, 0.3) is 0 Å². The van der Waals surface area contributed by atoms with E-state index >= 15 is 0 Å².